The SMILES string of the molecule is N#CSC/C=C/CC(Cl)(Cl)Cl. The molecule has 0 aliphatic carbocycles. The lowest BCUT2D eigenvalue weighted by Gasteiger charge is -2.04. The molecule has 1 nitrogen and oxygen atoms in total. The third-order valence-corrected chi connectivity index (χ3v) is 1.71. The Hall–Kier alpha value is 0.450. The molecule has 0 heterocycles. The molecule has 0 saturated carbocycles. The van der Waals surface area contributed by atoms with Crippen LogP contribution in [0.3, 0.4) is 0 Å². The predicted octanol–water partition coefficient (Wildman–Crippen LogP) is 3.52. The number of thiocyanates is 1. The summed E-state index contributed by atoms with van der Waals surface area (Å²) in [5, 5.41) is 10.1. The Kier molecular flexibility index (Phi) is 6.27. The lowest BCUT2D eigenvalue weighted by atomic mass is 10.4. The standard InChI is InChI=1S/C6H6Cl3NS/c7-6(8,9)3-1-2-4-11-5-10/h1-2H,3-4H2/b2-1+. The molecule has 0 aliphatic heterocycles. The molecule has 0 unspecified atom stereocenters. The Morgan fingerprint density at radius 2 is 2.00 bits per heavy atom. The fourth-order valence-electron chi connectivity index (χ4n) is 0.370. The van der Waals surface area contributed by atoms with Crippen molar-refractivity contribution in [1.29, 1.82) is 5.26 Å². The first-order chi connectivity index (χ1) is 5.06. The van der Waals surface area contributed by atoms with Gasteiger partial charge in [-0.05, 0) is 11.8 Å². The van der Waals surface area contributed by atoms with Crippen molar-refractivity contribution < 1.29 is 0 Å². The van der Waals surface area contributed by atoms with Gasteiger partial charge in [-0.15, -0.1) is 0 Å². The first-order valence-electron chi connectivity index (χ1n) is 2.79. The number of thioether (sulfide) groups is 1. The summed E-state index contributed by atoms with van der Waals surface area (Å²) in [4.78, 5) is 0. The summed E-state index contributed by atoms with van der Waals surface area (Å²) in [5.41, 5.74) is 0. The molecule has 0 spiro atoms. The van der Waals surface area contributed by atoms with Gasteiger partial charge in [0.15, 0.2) is 3.79 Å². The van der Waals surface area contributed by atoms with E-state index < -0.39 is 3.79 Å². The van der Waals surface area contributed by atoms with Gasteiger partial charge in [0.1, 0.15) is 5.40 Å². The van der Waals surface area contributed by atoms with E-state index in [9.17, 15) is 0 Å². The number of nitrogens with zero attached hydrogens (tertiary/aromatic N) is 1. The lowest BCUT2D eigenvalue weighted by Crippen LogP contribution is -1.97. The van der Waals surface area contributed by atoms with Crippen molar-refractivity contribution in [2.75, 3.05) is 5.75 Å². The summed E-state index contributed by atoms with van der Waals surface area (Å²) in [6.45, 7) is 0. The molecular weight excluding hydrogens is 224 g/mol. The van der Waals surface area contributed by atoms with Crippen LogP contribution in [-0.4, -0.2) is 9.55 Å². The van der Waals surface area contributed by atoms with Crippen LogP contribution in [0.5, 0.6) is 0 Å². The van der Waals surface area contributed by atoms with E-state index in [1.54, 1.807) is 12.2 Å². The van der Waals surface area contributed by atoms with Gasteiger partial charge < -0.3 is 0 Å². The molecule has 0 aliphatic rings. The second kappa shape index (κ2) is 6.02. The van der Waals surface area contributed by atoms with Crippen molar-refractivity contribution in [2.45, 2.75) is 10.2 Å². The van der Waals surface area contributed by atoms with Gasteiger partial charge >= 0.3 is 0 Å². The fourth-order valence-corrected chi connectivity index (χ4v) is 0.944. The zero-order chi connectivity index (χ0) is 8.74. The number of alkyl halides is 3. The number of halogens is 3. The van der Waals surface area contributed by atoms with Crippen LogP contribution < -0.4 is 0 Å². The average molecular weight is 231 g/mol. The minimum Gasteiger partial charge on any atom is -0.185 e. The minimum absolute atomic E-state index is 0.379. The van der Waals surface area contributed by atoms with Gasteiger partial charge in [-0.1, -0.05) is 47.0 Å². The molecule has 0 rings (SSSR count). The third kappa shape index (κ3) is 10.4. The fraction of sp³-hybridized carbons (Fsp3) is 0.500. The largest absolute Gasteiger partial charge is 0.194 e. The maximum absolute atomic E-state index is 8.13. The van der Waals surface area contributed by atoms with Gasteiger partial charge in [-0.2, -0.15) is 5.26 Å². The molecule has 62 valence electrons. The van der Waals surface area contributed by atoms with Crippen LogP contribution in [0.25, 0.3) is 0 Å². The predicted molar refractivity (Wildman–Crippen MR) is 52.1 cm³/mol. The summed E-state index contributed by atoms with van der Waals surface area (Å²) in [5.74, 6) is 0.636. The Labute approximate surface area is 85.3 Å². The van der Waals surface area contributed by atoms with E-state index in [0.717, 1.165) is 11.8 Å². The van der Waals surface area contributed by atoms with Gasteiger partial charge in [0.2, 0.25) is 0 Å². The highest BCUT2D eigenvalue weighted by Gasteiger charge is 2.16. The highest BCUT2D eigenvalue weighted by molar-refractivity contribution is 8.03. The van der Waals surface area contributed by atoms with E-state index in [0.29, 0.717) is 12.2 Å². The average Bonchev–Trinajstić information content (AvgIpc) is 1.85. The Morgan fingerprint density at radius 3 is 2.45 bits per heavy atom. The monoisotopic (exact) mass is 229 g/mol. The van der Waals surface area contributed by atoms with Crippen LogP contribution >= 0.6 is 46.6 Å². The van der Waals surface area contributed by atoms with Gasteiger partial charge in [0.05, 0.1) is 0 Å². The minimum atomic E-state index is -1.21. The van der Waals surface area contributed by atoms with Crippen LogP contribution in [0.2, 0.25) is 0 Å². The van der Waals surface area contributed by atoms with E-state index in [1.807, 2.05) is 5.40 Å². The van der Waals surface area contributed by atoms with Crippen LogP contribution in [0, 0.1) is 10.7 Å². The quantitative estimate of drug-likeness (QED) is 0.321. The topological polar surface area (TPSA) is 23.8 Å². The van der Waals surface area contributed by atoms with Crippen molar-refractivity contribution in [3.8, 4) is 5.40 Å². The highest BCUT2D eigenvalue weighted by atomic mass is 35.6. The number of hydrogen-bond donors (Lipinski definition) is 0. The molecule has 0 aromatic heterocycles. The number of rotatable bonds is 3. The van der Waals surface area contributed by atoms with E-state index >= 15 is 0 Å². The molecule has 0 N–H and O–H groups in total. The molecule has 0 radical (unpaired) electrons. The van der Waals surface area contributed by atoms with Crippen molar-refractivity contribution in [1.82, 2.24) is 0 Å². The molecule has 11 heavy (non-hydrogen) atoms. The summed E-state index contributed by atoms with van der Waals surface area (Å²) < 4.78 is -1.21. The molecule has 0 bridgehead atoms. The van der Waals surface area contributed by atoms with Gasteiger partial charge in [0.25, 0.3) is 0 Å². The molecule has 0 saturated heterocycles. The molecule has 0 amide bonds. The highest BCUT2D eigenvalue weighted by Crippen LogP contribution is 2.30. The number of hydrogen-bond acceptors (Lipinski definition) is 2. The third-order valence-electron chi connectivity index (χ3n) is 0.760. The van der Waals surface area contributed by atoms with Gasteiger partial charge in [0, 0.05) is 12.2 Å². The Bertz CT molecular complexity index is 168. The maximum Gasteiger partial charge on any atom is 0.194 e. The second-order valence-electron chi connectivity index (χ2n) is 1.69. The lowest BCUT2D eigenvalue weighted by molar-refractivity contribution is 1.07. The molecule has 0 fully saturated rings. The van der Waals surface area contributed by atoms with Crippen LogP contribution in [0.15, 0.2) is 12.2 Å². The van der Waals surface area contributed by atoms with Crippen LogP contribution in [0.1, 0.15) is 6.42 Å². The summed E-state index contributed by atoms with van der Waals surface area (Å²) in [7, 11) is 0. The van der Waals surface area contributed by atoms with E-state index in [-0.39, 0.29) is 0 Å². The van der Waals surface area contributed by atoms with E-state index in [1.165, 1.54) is 0 Å². The zero-order valence-corrected chi connectivity index (χ0v) is 8.64. The smallest absolute Gasteiger partial charge is 0.185 e. The van der Waals surface area contributed by atoms with E-state index in [4.69, 9.17) is 40.1 Å². The van der Waals surface area contributed by atoms with Crippen LogP contribution in [-0.2, 0) is 0 Å². The van der Waals surface area contributed by atoms with Crippen molar-refractivity contribution in [2.24, 2.45) is 0 Å². The normalized spacial score (nSPS) is 11.8. The van der Waals surface area contributed by atoms with Crippen molar-refractivity contribution in [3.05, 3.63) is 12.2 Å². The summed E-state index contributed by atoms with van der Waals surface area (Å²) in [6, 6.07) is 0. The second-order valence-corrected chi connectivity index (χ2v) is 5.01. The zero-order valence-electron chi connectivity index (χ0n) is 5.56. The number of allylic oxidation sites excluding steroid dienone is 1. The van der Waals surface area contributed by atoms with Crippen molar-refractivity contribution >= 4 is 46.6 Å². The number of nitriles is 1. The molecule has 5 heteroatoms. The first kappa shape index (κ1) is 11.4. The Balaban J connectivity index is 3.39. The molecule has 0 aromatic rings. The van der Waals surface area contributed by atoms with Crippen LogP contribution in [0.4, 0.5) is 0 Å². The maximum atomic E-state index is 8.13. The Morgan fingerprint density at radius 1 is 1.36 bits per heavy atom. The molecule has 0 atom stereocenters. The van der Waals surface area contributed by atoms with E-state index in [2.05, 4.69) is 0 Å². The van der Waals surface area contributed by atoms with Gasteiger partial charge in [-0.3, -0.25) is 0 Å². The molecular formula is C6H6Cl3NS. The van der Waals surface area contributed by atoms with Crippen molar-refractivity contribution in [3.63, 3.8) is 0 Å². The summed E-state index contributed by atoms with van der Waals surface area (Å²) >= 11 is 17.5. The first-order valence-corrected chi connectivity index (χ1v) is 4.91. The van der Waals surface area contributed by atoms with Gasteiger partial charge in [-0.25, -0.2) is 0 Å². The molecule has 0 aromatic carbocycles. The summed E-state index contributed by atoms with van der Waals surface area (Å²) in [6.07, 6.45) is 3.93.